The Bertz CT molecular complexity index is 1050. The standard InChI is InChI=1S/C18H15ClFNO2S/c1-11-7-18(14-5-4-13(20)9-16(14)19)21-17-6-3-12(8-15(11)17)10-24(2,22)23/h3-9H,10H2,1-2H3. The van der Waals surface area contributed by atoms with Gasteiger partial charge in [-0.3, -0.25) is 0 Å². The van der Waals surface area contributed by atoms with E-state index in [1.165, 1.54) is 18.4 Å². The van der Waals surface area contributed by atoms with Crippen molar-refractivity contribution in [1.82, 2.24) is 4.98 Å². The summed E-state index contributed by atoms with van der Waals surface area (Å²) in [5.41, 5.74) is 3.72. The van der Waals surface area contributed by atoms with Gasteiger partial charge in [0.05, 0.1) is 22.0 Å². The molecule has 3 aromatic rings. The van der Waals surface area contributed by atoms with Gasteiger partial charge in [0.2, 0.25) is 0 Å². The minimum atomic E-state index is -3.09. The minimum Gasteiger partial charge on any atom is -0.248 e. The fourth-order valence-corrected chi connectivity index (χ4v) is 3.72. The molecule has 0 aliphatic rings. The highest BCUT2D eigenvalue weighted by atomic mass is 35.5. The maximum absolute atomic E-state index is 13.2. The molecule has 0 saturated carbocycles. The van der Waals surface area contributed by atoms with E-state index in [4.69, 9.17) is 11.6 Å². The Labute approximate surface area is 145 Å². The third kappa shape index (κ3) is 3.57. The van der Waals surface area contributed by atoms with Gasteiger partial charge in [-0.25, -0.2) is 17.8 Å². The molecule has 124 valence electrons. The summed E-state index contributed by atoms with van der Waals surface area (Å²) in [5.74, 6) is -0.403. The molecule has 0 aliphatic carbocycles. The van der Waals surface area contributed by atoms with Crippen LogP contribution in [-0.2, 0) is 15.6 Å². The average molecular weight is 364 g/mol. The van der Waals surface area contributed by atoms with Gasteiger partial charge in [-0.05, 0) is 54.4 Å². The number of nitrogens with zero attached hydrogens (tertiary/aromatic N) is 1. The zero-order chi connectivity index (χ0) is 17.5. The molecule has 0 radical (unpaired) electrons. The van der Waals surface area contributed by atoms with Crippen molar-refractivity contribution in [3.8, 4) is 11.3 Å². The molecular formula is C18H15ClFNO2S. The number of halogens is 2. The molecule has 0 amide bonds. The average Bonchev–Trinajstić information content (AvgIpc) is 2.46. The van der Waals surface area contributed by atoms with Crippen LogP contribution in [0.15, 0.2) is 42.5 Å². The first kappa shape index (κ1) is 16.9. The summed E-state index contributed by atoms with van der Waals surface area (Å²) in [4.78, 5) is 4.58. The highest BCUT2D eigenvalue weighted by molar-refractivity contribution is 7.89. The van der Waals surface area contributed by atoms with Crippen molar-refractivity contribution >= 4 is 32.3 Å². The van der Waals surface area contributed by atoms with Gasteiger partial charge in [0.25, 0.3) is 0 Å². The van der Waals surface area contributed by atoms with E-state index in [9.17, 15) is 12.8 Å². The van der Waals surface area contributed by atoms with Gasteiger partial charge in [0.1, 0.15) is 5.82 Å². The van der Waals surface area contributed by atoms with Crippen molar-refractivity contribution in [1.29, 1.82) is 0 Å². The fraction of sp³-hybridized carbons (Fsp3) is 0.167. The maximum Gasteiger partial charge on any atom is 0.151 e. The number of pyridine rings is 1. The number of sulfone groups is 1. The van der Waals surface area contributed by atoms with Gasteiger partial charge in [-0.15, -0.1) is 0 Å². The van der Waals surface area contributed by atoms with Crippen LogP contribution in [0.5, 0.6) is 0 Å². The van der Waals surface area contributed by atoms with Crippen molar-refractivity contribution in [2.75, 3.05) is 6.26 Å². The number of hydrogen-bond acceptors (Lipinski definition) is 3. The third-order valence-corrected chi connectivity index (χ3v) is 4.89. The zero-order valence-corrected chi connectivity index (χ0v) is 14.7. The Kier molecular flexibility index (Phi) is 4.32. The number of aromatic nitrogens is 1. The van der Waals surface area contributed by atoms with Gasteiger partial charge < -0.3 is 0 Å². The van der Waals surface area contributed by atoms with Crippen LogP contribution in [0.1, 0.15) is 11.1 Å². The van der Waals surface area contributed by atoms with Crippen molar-refractivity contribution < 1.29 is 12.8 Å². The number of fused-ring (bicyclic) bond motifs is 1. The van der Waals surface area contributed by atoms with E-state index in [1.807, 2.05) is 19.1 Å². The maximum atomic E-state index is 13.2. The van der Waals surface area contributed by atoms with E-state index in [0.29, 0.717) is 16.3 Å². The first-order chi connectivity index (χ1) is 11.2. The predicted octanol–water partition coefficient (Wildman–Crippen LogP) is 4.55. The molecule has 0 spiro atoms. The number of benzene rings is 2. The quantitative estimate of drug-likeness (QED) is 0.686. The molecule has 0 saturated heterocycles. The topological polar surface area (TPSA) is 47.0 Å². The van der Waals surface area contributed by atoms with Crippen LogP contribution in [0, 0.1) is 12.7 Å². The predicted molar refractivity (Wildman–Crippen MR) is 95.4 cm³/mol. The van der Waals surface area contributed by atoms with E-state index >= 15 is 0 Å². The normalized spacial score (nSPS) is 11.8. The van der Waals surface area contributed by atoms with Crippen molar-refractivity contribution in [2.45, 2.75) is 12.7 Å². The minimum absolute atomic E-state index is 0.00603. The first-order valence-corrected chi connectivity index (χ1v) is 9.70. The molecule has 1 aromatic heterocycles. The Balaban J connectivity index is 2.12. The number of rotatable bonds is 3. The summed E-state index contributed by atoms with van der Waals surface area (Å²) in [5, 5.41) is 1.19. The lowest BCUT2D eigenvalue weighted by molar-refractivity contribution is 0.601. The van der Waals surface area contributed by atoms with Gasteiger partial charge in [-0.2, -0.15) is 0 Å². The Morgan fingerprint density at radius 3 is 2.54 bits per heavy atom. The smallest absolute Gasteiger partial charge is 0.151 e. The van der Waals surface area contributed by atoms with Crippen LogP contribution >= 0.6 is 11.6 Å². The fourth-order valence-electron chi connectivity index (χ4n) is 2.67. The molecule has 0 aliphatic heterocycles. The summed E-state index contributed by atoms with van der Waals surface area (Å²) < 4.78 is 36.2. The summed E-state index contributed by atoms with van der Waals surface area (Å²) in [7, 11) is -3.09. The Hall–Kier alpha value is -1.98. The molecule has 0 fully saturated rings. The van der Waals surface area contributed by atoms with E-state index in [-0.39, 0.29) is 5.75 Å². The Morgan fingerprint density at radius 1 is 1.12 bits per heavy atom. The molecule has 0 unspecified atom stereocenters. The van der Waals surface area contributed by atoms with E-state index in [2.05, 4.69) is 4.98 Å². The largest absolute Gasteiger partial charge is 0.248 e. The molecule has 0 atom stereocenters. The van der Waals surface area contributed by atoms with Crippen molar-refractivity contribution in [2.24, 2.45) is 0 Å². The summed E-state index contributed by atoms with van der Waals surface area (Å²) >= 11 is 6.12. The van der Waals surface area contributed by atoms with Gasteiger partial charge in [0.15, 0.2) is 9.84 Å². The van der Waals surface area contributed by atoms with Gasteiger partial charge in [0, 0.05) is 17.2 Å². The Morgan fingerprint density at radius 2 is 1.88 bits per heavy atom. The van der Waals surface area contributed by atoms with Crippen LogP contribution in [0.2, 0.25) is 5.02 Å². The highest BCUT2D eigenvalue weighted by Gasteiger charge is 2.11. The lowest BCUT2D eigenvalue weighted by Crippen LogP contribution is -2.01. The molecule has 24 heavy (non-hydrogen) atoms. The molecule has 0 N–H and O–H groups in total. The number of hydrogen-bond donors (Lipinski definition) is 0. The van der Waals surface area contributed by atoms with Crippen molar-refractivity contribution in [3.05, 3.63) is 64.4 Å². The third-order valence-electron chi connectivity index (χ3n) is 3.72. The SMILES string of the molecule is Cc1cc(-c2ccc(F)cc2Cl)nc2ccc(CS(C)(=O)=O)cc12. The van der Waals surface area contributed by atoms with E-state index in [1.54, 1.807) is 18.2 Å². The van der Waals surface area contributed by atoms with E-state index in [0.717, 1.165) is 22.0 Å². The van der Waals surface area contributed by atoms with Crippen LogP contribution in [0.25, 0.3) is 22.2 Å². The lowest BCUT2D eigenvalue weighted by atomic mass is 10.0. The molecule has 1 heterocycles. The van der Waals surface area contributed by atoms with Crippen LogP contribution < -0.4 is 0 Å². The lowest BCUT2D eigenvalue weighted by Gasteiger charge is -2.10. The summed E-state index contributed by atoms with van der Waals surface area (Å²) in [6.45, 7) is 1.93. The second-order valence-corrected chi connectivity index (χ2v) is 8.42. The second-order valence-electron chi connectivity index (χ2n) is 5.87. The molecular weight excluding hydrogens is 349 g/mol. The molecule has 2 aromatic carbocycles. The summed E-state index contributed by atoms with van der Waals surface area (Å²) in [6.07, 6.45) is 1.21. The van der Waals surface area contributed by atoms with Crippen LogP contribution in [-0.4, -0.2) is 19.7 Å². The first-order valence-electron chi connectivity index (χ1n) is 7.26. The molecule has 6 heteroatoms. The van der Waals surface area contributed by atoms with Crippen LogP contribution in [0.3, 0.4) is 0 Å². The molecule has 3 rings (SSSR count). The summed E-state index contributed by atoms with van der Waals surface area (Å²) in [6, 6.07) is 11.5. The van der Waals surface area contributed by atoms with Crippen molar-refractivity contribution in [3.63, 3.8) is 0 Å². The van der Waals surface area contributed by atoms with Gasteiger partial charge in [-0.1, -0.05) is 17.7 Å². The van der Waals surface area contributed by atoms with Gasteiger partial charge >= 0.3 is 0 Å². The molecule has 3 nitrogen and oxygen atoms in total. The molecule has 0 bridgehead atoms. The van der Waals surface area contributed by atoms with Crippen LogP contribution in [0.4, 0.5) is 4.39 Å². The zero-order valence-electron chi connectivity index (χ0n) is 13.2. The number of aryl methyl sites for hydroxylation is 1. The van der Waals surface area contributed by atoms with E-state index < -0.39 is 15.7 Å². The monoisotopic (exact) mass is 363 g/mol. The highest BCUT2D eigenvalue weighted by Crippen LogP contribution is 2.30. The second kappa shape index (κ2) is 6.15.